The molecule has 0 saturated carbocycles. The number of amides is 1. The molecule has 3 rings (SSSR count). The van der Waals surface area contributed by atoms with E-state index in [1.807, 2.05) is 24.0 Å². The van der Waals surface area contributed by atoms with Gasteiger partial charge in [0.05, 0.1) is 11.3 Å². The van der Waals surface area contributed by atoms with E-state index in [1.165, 1.54) is 0 Å². The van der Waals surface area contributed by atoms with E-state index in [2.05, 4.69) is 26.9 Å². The van der Waals surface area contributed by atoms with Crippen molar-refractivity contribution in [1.29, 1.82) is 0 Å². The van der Waals surface area contributed by atoms with Gasteiger partial charge in [0.1, 0.15) is 0 Å². The van der Waals surface area contributed by atoms with Gasteiger partial charge in [0, 0.05) is 43.8 Å². The Morgan fingerprint density at radius 2 is 2.04 bits per heavy atom. The summed E-state index contributed by atoms with van der Waals surface area (Å²) in [6, 6.07) is 3.76. The van der Waals surface area contributed by atoms with Crippen molar-refractivity contribution in [3.05, 3.63) is 42.0 Å². The third-order valence-corrected chi connectivity index (χ3v) is 4.14. The average molecular weight is 311 g/mol. The first-order chi connectivity index (χ1) is 11.1. The van der Waals surface area contributed by atoms with Crippen LogP contribution < -0.4 is 0 Å². The van der Waals surface area contributed by atoms with Crippen LogP contribution >= 0.6 is 0 Å². The Balaban J connectivity index is 1.81. The molecule has 2 aromatic heterocycles. The minimum Gasteiger partial charge on any atom is -0.337 e. The van der Waals surface area contributed by atoms with Crippen LogP contribution in [0.25, 0.3) is 11.4 Å². The predicted molar refractivity (Wildman–Crippen MR) is 88.0 cm³/mol. The number of carbonyl (C=O) groups is 1. The molecule has 0 unspecified atom stereocenters. The van der Waals surface area contributed by atoms with Crippen molar-refractivity contribution in [2.75, 3.05) is 33.2 Å². The Hall–Kier alpha value is -2.34. The first-order valence-electron chi connectivity index (χ1n) is 7.87. The van der Waals surface area contributed by atoms with Gasteiger partial charge in [0.25, 0.3) is 5.91 Å². The maximum Gasteiger partial charge on any atom is 0.257 e. The van der Waals surface area contributed by atoms with Gasteiger partial charge in [-0.25, -0.2) is 9.97 Å². The van der Waals surface area contributed by atoms with Crippen molar-refractivity contribution >= 4 is 5.91 Å². The molecule has 0 aromatic carbocycles. The molecule has 120 valence electrons. The second-order valence-corrected chi connectivity index (χ2v) is 5.88. The normalized spacial score (nSPS) is 16.2. The van der Waals surface area contributed by atoms with Crippen LogP contribution in [0.15, 0.2) is 30.7 Å². The van der Waals surface area contributed by atoms with Gasteiger partial charge < -0.3 is 9.80 Å². The fourth-order valence-corrected chi connectivity index (χ4v) is 2.73. The quantitative estimate of drug-likeness (QED) is 0.843. The van der Waals surface area contributed by atoms with Crippen molar-refractivity contribution in [3.63, 3.8) is 0 Å². The Labute approximate surface area is 136 Å². The first kappa shape index (κ1) is 15.6. The Bertz CT molecular complexity index is 689. The Morgan fingerprint density at radius 3 is 2.78 bits per heavy atom. The van der Waals surface area contributed by atoms with Crippen molar-refractivity contribution < 1.29 is 4.79 Å². The number of pyridine rings is 1. The summed E-state index contributed by atoms with van der Waals surface area (Å²) in [5.41, 5.74) is 2.15. The highest BCUT2D eigenvalue weighted by molar-refractivity contribution is 5.95. The summed E-state index contributed by atoms with van der Waals surface area (Å²) in [6.07, 6.45) is 6.07. The predicted octanol–water partition coefficient (Wildman–Crippen LogP) is 1.62. The fourth-order valence-electron chi connectivity index (χ4n) is 2.73. The van der Waals surface area contributed by atoms with Gasteiger partial charge in [0.15, 0.2) is 5.82 Å². The summed E-state index contributed by atoms with van der Waals surface area (Å²) in [6.45, 7) is 5.32. The van der Waals surface area contributed by atoms with Crippen LogP contribution in [0.3, 0.4) is 0 Å². The molecule has 0 bridgehead atoms. The van der Waals surface area contributed by atoms with Gasteiger partial charge in [-0.05, 0) is 39.1 Å². The van der Waals surface area contributed by atoms with Crippen LogP contribution in [0.4, 0.5) is 0 Å². The van der Waals surface area contributed by atoms with E-state index in [4.69, 9.17) is 0 Å². The molecule has 0 aliphatic carbocycles. The Kier molecular flexibility index (Phi) is 4.62. The summed E-state index contributed by atoms with van der Waals surface area (Å²) in [7, 11) is 2.09. The van der Waals surface area contributed by atoms with Gasteiger partial charge in [-0.2, -0.15) is 0 Å². The van der Waals surface area contributed by atoms with Gasteiger partial charge in [-0.1, -0.05) is 0 Å². The monoisotopic (exact) mass is 311 g/mol. The first-order valence-corrected chi connectivity index (χ1v) is 7.87. The van der Waals surface area contributed by atoms with Crippen molar-refractivity contribution in [2.24, 2.45) is 0 Å². The lowest BCUT2D eigenvalue weighted by molar-refractivity contribution is 0.0761. The number of aromatic nitrogens is 3. The Morgan fingerprint density at radius 1 is 1.17 bits per heavy atom. The van der Waals surface area contributed by atoms with E-state index in [-0.39, 0.29) is 5.91 Å². The standard InChI is InChI=1S/C17H21N5O/c1-13-15(17(23)22-8-4-7-21(2)9-10-22)12-19-16(20-13)14-5-3-6-18-11-14/h3,5-6,11-12H,4,7-10H2,1-2H3. The molecule has 1 saturated heterocycles. The second kappa shape index (κ2) is 6.83. The summed E-state index contributed by atoms with van der Waals surface area (Å²) in [5.74, 6) is 0.623. The number of hydrogen-bond donors (Lipinski definition) is 0. The maximum atomic E-state index is 12.7. The minimum atomic E-state index is 0.0236. The van der Waals surface area contributed by atoms with Crippen LogP contribution in [0.5, 0.6) is 0 Å². The number of nitrogens with zero attached hydrogens (tertiary/aromatic N) is 5. The van der Waals surface area contributed by atoms with E-state index >= 15 is 0 Å². The lowest BCUT2D eigenvalue weighted by Gasteiger charge is -2.21. The topological polar surface area (TPSA) is 62.2 Å². The lowest BCUT2D eigenvalue weighted by atomic mass is 10.2. The van der Waals surface area contributed by atoms with Crippen molar-refractivity contribution in [1.82, 2.24) is 24.8 Å². The van der Waals surface area contributed by atoms with Crippen LogP contribution in [-0.4, -0.2) is 63.9 Å². The van der Waals surface area contributed by atoms with Gasteiger partial charge in [0.2, 0.25) is 0 Å². The fraction of sp³-hybridized carbons (Fsp3) is 0.412. The molecule has 23 heavy (non-hydrogen) atoms. The largest absolute Gasteiger partial charge is 0.337 e. The number of carbonyl (C=O) groups excluding carboxylic acids is 1. The molecule has 0 N–H and O–H groups in total. The van der Waals surface area contributed by atoms with E-state index < -0.39 is 0 Å². The molecule has 1 aliphatic rings. The summed E-state index contributed by atoms with van der Waals surface area (Å²) >= 11 is 0. The molecule has 0 radical (unpaired) electrons. The molecule has 3 heterocycles. The molecular weight excluding hydrogens is 290 g/mol. The highest BCUT2D eigenvalue weighted by Crippen LogP contribution is 2.16. The van der Waals surface area contributed by atoms with E-state index in [9.17, 15) is 4.79 Å². The van der Waals surface area contributed by atoms with Crippen LogP contribution in [0.1, 0.15) is 22.5 Å². The third kappa shape index (κ3) is 3.53. The number of aryl methyl sites for hydroxylation is 1. The lowest BCUT2D eigenvalue weighted by Crippen LogP contribution is -2.35. The molecule has 0 spiro atoms. The average Bonchev–Trinajstić information content (AvgIpc) is 2.79. The van der Waals surface area contributed by atoms with Crippen molar-refractivity contribution in [3.8, 4) is 11.4 Å². The summed E-state index contributed by atoms with van der Waals surface area (Å²) < 4.78 is 0. The summed E-state index contributed by atoms with van der Waals surface area (Å²) in [5, 5.41) is 0. The van der Waals surface area contributed by atoms with E-state index in [0.29, 0.717) is 17.1 Å². The molecule has 2 aromatic rings. The molecule has 6 heteroatoms. The number of rotatable bonds is 2. The van der Waals surface area contributed by atoms with E-state index in [1.54, 1.807) is 18.6 Å². The maximum absolute atomic E-state index is 12.7. The van der Waals surface area contributed by atoms with E-state index in [0.717, 1.165) is 38.2 Å². The van der Waals surface area contributed by atoms with Crippen molar-refractivity contribution in [2.45, 2.75) is 13.3 Å². The zero-order valence-corrected chi connectivity index (χ0v) is 13.6. The molecule has 1 amide bonds. The zero-order valence-electron chi connectivity index (χ0n) is 13.6. The van der Waals surface area contributed by atoms with Gasteiger partial charge in [-0.3, -0.25) is 9.78 Å². The molecule has 1 aliphatic heterocycles. The molecule has 6 nitrogen and oxygen atoms in total. The van der Waals surface area contributed by atoms with Crippen LogP contribution in [-0.2, 0) is 0 Å². The summed E-state index contributed by atoms with van der Waals surface area (Å²) in [4.78, 5) is 29.8. The smallest absolute Gasteiger partial charge is 0.257 e. The highest BCUT2D eigenvalue weighted by Gasteiger charge is 2.21. The number of hydrogen-bond acceptors (Lipinski definition) is 5. The zero-order chi connectivity index (χ0) is 16.2. The minimum absolute atomic E-state index is 0.0236. The van der Waals surface area contributed by atoms with Gasteiger partial charge >= 0.3 is 0 Å². The highest BCUT2D eigenvalue weighted by atomic mass is 16.2. The molecule has 0 atom stereocenters. The second-order valence-electron chi connectivity index (χ2n) is 5.88. The number of likely N-dealkylation sites (N-methyl/N-ethyl adjacent to an activating group) is 1. The van der Waals surface area contributed by atoms with Crippen LogP contribution in [0.2, 0.25) is 0 Å². The van der Waals surface area contributed by atoms with Crippen LogP contribution in [0, 0.1) is 6.92 Å². The van der Waals surface area contributed by atoms with Gasteiger partial charge in [-0.15, -0.1) is 0 Å². The molecule has 1 fully saturated rings. The SMILES string of the molecule is Cc1nc(-c2cccnc2)ncc1C(=O)N1CCCN(C)CC1. The molecular formula is C17H21N5O. The third-order valence-electron chi connectivity index (χ3n) is 4.14.